The minimum atomic E-state index is 0.182. The first-order valence-electron chi connectivity index (χ1n) is 7.44. The zero-order chi connectivity index (χ0) is 15.2. The van der Waals surface area contributed by atoms with Gasteiger partial charge in [-0.1, -0.05) is 13.3 Å². The maximum Gasteiger partial charge on any atom is 0.132 e. The van der Waals surface area contributed by atoms with E-state index in [9.17, 15) is 0 Å². The molecule has 2 aromatic rings. The van der Waals surface area contributed by atoms with Crippen molar-refractivity contribution in [1.29, 1.82) is 0 Å². The van der Waals surface area contributed by atoms with E-state index >= 15 is 0 Å². The summed E-state index contributed by atoms with van der Waals surface area (Å²) in [5.41, 5.74) is 3.25. The van der Waals surface area contributed by atoms with Crippen molar-refractivity contribution >= 4 is 5.82 Å². The SMILES string of the molecule is CCCc1c(NC)ncnc1-c1ccc(OC(C)C)cc1. The number of ether oxygens (including phenoxy) is 1. The molecule has 2 rings (SSSR count). The molecule has 0 fully saturated rings. The topological polar surface area (TPSA) is 47.0 Å². The Balaban J connectivity index is 2.37. The van der Waals surface area contributed by atoms with Crippen molar-refractivity contribution < 1.29 is 4.74 Å². The lowest BCUT2D eigenvalue weighted by Gasteiger charge is -2.13. The first kappa shape index (κ1) is 15.3. The molecule has 0 unspecified atom stereocenters. The van der Waals surface area contributed by atoms with Crippen LogP contribution in [-0.2, 0) is 6.42 Å². The number of hydrogen-bond donors (Lipinski definition) is 1. The highest BCUT2D eigenvalue weighted by atomic mass is 16.5. The molecule has 0 aliphatic carbocycles. The lowest BCUT2D eigenvalue weighted by molar-refractivity contribution is 0.242. The maximum atomic E-state index is 5.68. The minimum Gasteiger partial charge on any atom is -0.491 e. The number of aromatic nitrogens is 2. The van der Waals surface area contributed by atoms with Crippen LogP contribution in [0.3, 0.4) is 0 Å². The molecule has 1 N–H and O–H groups in total. The molecule has 1 aromatic carbocycles. The van der Waals surface area contributed by atoms with Crippen molar-refractivity contribution in [3.05, 3.63) is 36.2 Å². The lowest BCUT2D eigenvalue weighted by Crippen LogP contribution is -2.05. The highest BCUT2D eigenvalue weighted by Crippen LogP contribution is 2.28. The van der Waals surface area contributed by atoms with E-state index in [2.05, 4.69) is 34.3 Å². The van der Waals surface area contributed by atoms with Gasteiger partial charge in [-0.15, -0.1) is 0 Å². The Labute approximate surface area is 126 Å². The number of anilines is 1. The van der Waals surface area contributed by atoms with Gasteiger partial charge in [-0.05, 0) is 44.5 Å². The Morgan fingerprint density at radius 3 is 2.43 bits per heavy atom. The summed E-state index contributed by atoms with van der Waals surface area (Å²) in [6.07, 6.45) is 3.81. The molecule has 0 aliphatic heterocycles. The Hall–Kier alpha value is -2.10. The summed E-state index contributed by atoms with van der Waals surface area (Å²) in [5.74, 6) is 1.79. The fourth-order valence-corrected chi connectivity index (χ4v) is 2.33. The van der Waals surface area contributed by atoms with Crippen LogP contribution in [0.5, 0.6) is 5.75 Å². The zero-order valence-electron chi connectivity index (χ0n) is 13.2. The van der Waals surface area contributed by atoms with Gasteiger partial charge in [0.2, 0.25) is 0 Å². The van der Waals surface area contributed by atoms with E-state index in [1.165, 1.54) is 5.56 Å². The predicted molar refractivity (Wildman–Crippen MR) is 86.8 cm³/mol. The molecule has 0 radical (unpaired) electrons. The number of hydrogen-bond acceptors (Lipinski definition) is 4. The van der Waals surface area contributed by atoms with E-state index in [0.717, 1.165) is 35.7 Å². The average Bonchev–Trinajstić information content (AvgIpc) is 2.48. The summed E-state index contributed by atoms with van der Waals surface area (Å²) < 4.78 is 5.68. The highest BCUT2D eigenvalue weighted by molar-refractivity contribution is 5.68. The molecule has 1 heterocycles. The van der Waals surface area contributed by atoms with Crippen LogP contribution in [0, 0.1) is 0 Å². The molecule has 4 nitrogen and oxygen atoms in total. The van der Waals surface area contributed by atoms with Crippen LogP contribution in [0.4, 0.5) is 5.82 Å². The number of nitrogens with zero attached hydrogens (tertiary/aromatic N) is 2. The van der Waals surface area contributed by atoms with Crippen LogP contribution >= 0.6 is 0 Å². The van der Waals surface area contributed by atoms with Crippen molar-refractivity contribution in [1.82, 2.24) is 9.97 Å². The van der Waals surface area contributed by atoms with Gasteiger partial charge in [0.1, 0.15) is 17.9 Å². The summed E-state index contributed by atoms with van der Waals surface area (Å²) >= 11 is 0. The van der Waals surface area contributed by atoms with Crippen molar-refractivity contribution in [3.8, 4) is 17.0 Å². The third kappa shape index (κ3) is 3.72. The van der Waals surface area contributed by atoms with Gasteiger partial charge in [0.15, 0.2) is 0 Å². The van der Waals surface area contributed by atoms with Gasteiger partial charge in [-0.2, -0.15) is 0 Å². The Kier molecular flexibility index (Phi) is 5.14. The summed E-state index contributed by atoms with van der Waals surface area (Å²) in [6.45, 7) is 6.21. The smallest absolute Gasteiger partial charge is 0.132 e. The second-order valence-electron chi connectivity index (χ2n) is 5.24. The van der Waals surface area contributed by atoms with Gasteiger partial charge in [-0.3, -0.25) is 0 Å². The fourth-order valence-electron chi connectivity index (χ4n) is 2.33. The van der Waals surface area contributed by atoms with Gasteiger partial charge in [0.05, 0.1) is 11.8 Å². The normalized spacial score (nSPS) is 10.7. The van der Waals surface area contributed by atoms with Crippen molar-refractivity contribution in [2.45, 2.75) is 39.7 Å². The molecule has 0 saturated carbocycles. The average molecular weight is 285 g/mol. The van der Waals surface area contributed by atoms with Crippen molar-refractivity contribution in [2.24, 2.45) is 0 Å². The highest BCUT2D eigenvalue weighted by Gasteiger charge is 2.11. The van der Waals surface area contributed by atoms with Gasteiger partial charge in [0.25, 0.3) is 0 Å². The van der Waals surface area contributed by atoms with E-state index in [1.807, 2.05) is 33.0 Å². The molecule has 0 amide bonds. The Morgan fingerprint density at radius 2 is 1.86 bits per heavy atom. The summed E-state index contributed by atoms with van der Waals surface area (Å²) in [5, 5.41) is 3.15. The summed E-state index contributed by atoms with van der Waals surface area (Å²) in [7, 11) is 1.89. The zero-order valence-corrected chi connectivity index (χ0v) is 13.2. The number of rotatable bonds is 6. The summed E-state index contributed by atoms with van der Waals surface area (Å²) in [6, 6.07) is 8.09. The van der Waals surface area contributed by atoms with Gasteiger partial charge in [0, 0.05) is 18.2 Å². The third-order valence-corrected chi connectivity index (χ3v) is 3.18. The van der Waals surface area contributed by atoms with Crippen LogP contribution < -0.4 is 10.1 Å². The number of benzene rings is 1. The molecule has 0 atom stereocenters. The number of nitrogens with one attached hydrogen (secondary N) is 1. The van der Waals surface area contributed by atoms with Gasteiger partial charge < -0.3 is 10.1 Å². The largest absolute Gasteiger partial charge is 0.491 e. The molecule has 0 spiro atoms. The molecule has 112 valence electrons. The van der Waals surface area contributed by atoms with E-state index in [0.29, 0.717) is 0 Å². The summed E-state index contributed by atoms with van der Waals surface area (Å²) in [4.78, 5) is 8.79. The van der Waals surface area contributed by atoms with Crippen LogP contribution in [0.2, 0.25) is 0 Å². The van der Waals surface area contributed by atoms with Crippen molar-refractivity contribution in [3.63, 3.8) is 0 Å². The minimum absolute atomic E-state index is 0.182. The molecule has 0 saturated heterocycles. The fraction of sp³-hybridized carbons (Fsp3) is 0.412. The predicted octanol–water partition coefficient (Wildman–Crippen LogP) is 3.93. The second-order valence-corrected chi connectivity index (χ2v) is 5.24. The Bertz CT molecular complexity index is 579. The molecule has 4 heteroatoms. The van der Waals surface area contributed by atoms with Crippen LogP contribution in [0.1, 0.15) is 32.8 Å². The van der Waals surface area contributed by atoms with Crippen LogP contribution in [-0.4, -0.2) is 23.1 Å². The molecule has 0 aliphatic rings. The lowest BCUT2D eigenvalue weighted by atomic mass is 10.0. The van der Waals surface area contributed by atoms with Crippen molar-refractivity contribution in [2.75, 3.05) is 12.4 Å². The van der Waals surface area contributed by atoms with E-state index < -0.39 is 0 Å². The van der Waals surface area contributed by atoms with Crippen LogP contribution in [0.25, 0.3) is 11.3 Å². The maximum absolute atomic E-state index is 5.68. The molecular weight excluding hydrogens is 262 g/mol. The van der Waals surface area contributed by atoms with Gasteiger partial charge in [-0.25, -0.2) is 9.97 Å². The third-order valence-electron chi connectivity index (χ3n) is 3.18. The monoisotopic (exact) mass is 285 g/mol. The Morgan fingerprint density at radius 1 is 1.14 bits per heavy atom. The van der Waals surface area contributed by atoms with E-state index in [4.69, 9.17) is 4.74 Å². The molecule has 1 aromatic heterocycles. The molecule has 0 bridgehead atoms. The molecule has 21 heavy (non-hydrogen) atoms. The quantitative estimate of drug-likeness (QED) is 0.873. The van der Waals surface area contributed by atoms with E-state index in [1.54, 1.807) is 6.33 Å². The van der Waals surface area contributed by atoms with Gasteiger partial charge >= 0.3 is 0 Å². The first-order chi connectivity index (χ1) is 10.2. The first-order valence-corrected chi connectivity index (χ1v) is 7.44. The standard InChI is InChI=1S/C17H23N3O/c1-5-6-15-16(19-11-20-17(15)18-4)13-7-9-14(10-8-13)21-12(2)3/h7-12H,5-6H2,1-4H3,(H,18,19,20). The van der Waals surface area contributed by atoms with E-state index in [-0.39, 0.29) is 6.10 Å². The molecular formula is C17H23N3O. The van der Waals surface area contributed by atoms with Crippen LogP contribution in [0.15, 0.2) is 30.6 Å². The second kappa shape index (κ2) is 7.07.